The Labute approximate surface area is 896 Å². The number of fused-ring (bicyclic) bond motifs is 14. The lowest BCUT2D eigenvalue weighted by Crippen LogP contribution is -1.81. The van der Waals surface area contributed by atoms with Gasteiger partial charge in [-0.2, -0.15) is 0 Å². The van der Waals surface area contributed by atoms with Crippen molar-refractivity contribution in [2.45, 2.75) is 166 Å². The SMILES string of the molecule is CC.CC.CC.CC.CC.CC.CC.CC.CC.CC.Cc1ccc2ccccc2c1.Cc1ccccc1.Cc1ccccc1.Cc1ccccc1.c1ccc2c(c1)c1ccccc1c1ccccc21.c1ccc2c(c1)ccc1ccccc12.c1ccc2ccccc2c1.c1ccc2ccccc2c1.c1ccc2ccccc2c1.c1ccc2ccccc2c1.c1ccccc1.c1ccccc1.c1ccccc1.c1ccccc1. The molecule has 0 aliphatic rings. The summed E-state index contributed by atoms with van der Waals surface area (Å²) in [4.78, 5) is 0. The van der Waals surface area contributed by atoms with Crippen molar-refractivity contribution in [1.29, 1.82) is 0 Å². The molecule has 0 heterocycles. The Morgan fingerprint density at radius 3 is 0.318 bits per heavy atom. The third-order valence-corrected chi connectivity index (χ3v) is 20.3. The Balaban J connectivity index is 0.000000795. The summed E-state index contributed by atoms with van der Waals surface area (Å²) in [5.74, 6) is 0. The molecule has 0 aromatic heterocycles. The summed E-state index contributed by atoms with van der Waals surface area (Å²) >= 11 is 0. The van der Waals surface area contributed by atoms with Gasteiger partial charge >= 0.3 is 0 Å². The molecule has 0 fully saturated rings. The second kappa shape index (κ2) is 90.9. The maximum absolute atomic E-state index is 2.21. The fraction of sp³-hybridized carbons (Fsp3) is 0.162. The van der Waals surface area contributed by atoms with Crippen molar-refractivity contribution in [1.82, 2.24) is 0 Å². The minimum Gasteiger partial charge on any atom is -0.0683 e. The van der Waals surface area contributed by atoms with Gasteiger partial charge in [0, 0.05) is 0 Å². The molecule has 0 aliphatic heterocycles. The van der Waals surface area contributed by atoms with E-state index in [0.29, 0.717) is 0 Å². The number of hydrogen-bond acceptors (Lipinski definition) is 0. The fourth-order valence-corrected chi connectivity index (χ4v) is 13.8. The Hall–Kier alpha value is -16.1. The topological polar surface area (TPSA) is 0 Å². The lowest BCUT2D eigenvalue weighted by molar-refractivity contribution is 1.48. The molecule has 0 atom stereocenters. The van der Waals surface area contributed by atoms with Gasteiger partial charge in [-0.3, -0.25) is 0 Å². The summed E-state index contributed by atoms with van der Waals surface area (Å²) in [7, 11) is 0. The standard InChI is InChI=1S/C18H12.C14H10.C11H10.4C10H8.3C7H8.4C6H6.10C2H6/c1-2-8-14-13(7-1)15-9-3-4-11-17(15)18-12-6-5-10-16(14)18;1-3-7-13-11(5-1)9-10-12-6-2-4-8-14(12)13;1-9-6-7-10-4-2-3-5-11(10)8-9;4*1-2-6-10-8-4-3-7-9(10)5-1;3*1-7-5-3-2-4-6-7;4*1-2-4-6-5-3-1;10*1-2/h1-12H;1-10H;2-8H,1H3;4*1-8H;3*2-6H,1H3;4*1-6H;10*1-2H3. The van der Waals surface area contributed by atoms with Crippen molar-refractivity contribution in [3.8, 4) is 0 Å². The average molecular weight is 1950 g/mol. The van der Waals surface area contributed by atoms with Gasteiger partial charge in [-0.05, 0) is 135 Å². The molecule has 24 aromatic rings. The van der Waals surface area contributed by atoms with Gasteiger partial charge in [0.25, 0.3) is 0 Å². The molecule has 0 nitrogen and oxygen atoms in total. The number of rotatable bonds is 0. The Kier molecular flexibility index (Phi) is 79.7. The molecule has 764 valence electrons. The quantitative estimate of drug-likeness (QED) is 0.133. The van der Waals surface area contributed by atoms with E-state index in [1.807, 2.05) is 339 Å². The van der Waals surface area contributed by atoms with Gasteiger partial charge in [-0.15, -0.1) is 0 Å². The van der Waals surface area contributed by atoms with Gasteiger partial charge in [0.05, 0.1) is 0 Å². The molecule has 0 amide bonds. The normalized spacial score (nSPS) is 8.81. The van der Waals surface area contributed by atoms with Crippen LogP contribution in [0.5, 0.6) is 0 Å². The van der Waals surface area contributed by atoms with Crippen molar-refractivity contribution in [3.63, 3.8) is 0 Å². The van der Waals surface area contributed by atoms with Gasteiger partial charge in [-0.25, -0.2) is 0 Å². The first kappa shape index (κ1) is 130. The van der Waals surface area contributed by atoms with Gasteiger partial charge in [0.1, 0.15) is 0 Å². The van der Waals surface area contributed by atoms with E-state index in [9.17, 15) is 0 Å². The minimum absolute atomic E-state index is 1.31. The molecule has 0 heteroatoms. The Morgan fingerprint density at radius 2 is 0.176 bits per heavy atom. The molecule has 0 aliphatic carbocycles. The molecule has 0 N–H and O–H groups in total. The number of hydrogen-bond donors (Lipinski definition) is 0. The monoisotopic (exact) mass is 1950 g/mol. The zero-order valence-electron chi connectivity index (χ0n) is 93.7. The molecule has 0 saturated carbocycles. The minimum atomic E-state index is 1.31. The third kappa shape index (κ3) is 54.0. The molecule has 0 spiro atoms. The molecular formula is C148H172. The molecule has 24 aromatic carbocycles. The van der Waals surface area contributed by atoms with Crippen LogP contribution in [0, 0.1) is 27.7 Å². The Morgan fingerprint density at radius 1 is 0.0743 bits per heavy atom. The molecule has 24 rings (SSSR count). The van der Waals surface area contributed by atoms with Crippen LogP contribution in [0.15, 0.2) is 607 Å². The van der Waals surface area contributed by atoms with Crippen molar-refractivity contribution in [3.05, 3.63) is 629 Å². The van der Waals surface area contributed by atoms with E-state index in [2.05, 4.69) is 434 Å². The lowest BCUT2D eigenvalue weighted by atomic mass is 9.95. The lowest BCUT2D eigenvalue weighted by Gasteiger charge is -2.09. The van der Waals surface area contributed by atoms with Gasteiger partial charge < -0.3 is 0 Å². The van der Waals surface area contributed by atoms with Crippen LogP contribution < -0.4 is 0 Å². The average Bonchev–Trinajstić information content (AvgIpc) is 0.748. The maximum Gasteiger partial charge on any atom is -0.00990 e. The van der Waals surface area contributed by atoms with E-state index in [1.165, 1.54) is 130 Å². The highest BCUT2D eigenvalue weighted by Gasteiger charge is 2.07. The molecule has 148 heavy (non-hydrogen) atoms. The van der Waals surface area contributed by atoms with Crippen LogP contribution in [0.3, 0.4) is 0 Å². The summed E-state index contributed by atoms with van der Waals surface area (Å²) in [5.41, 5.74) is 5.29. The van der Waals surface area contributed by atoms with Crippen LogP contribution in [0.1, 0.15) is 161 Å². The molecule has 0 saturated heterocycles. The zero-order valence-corrected chi connectivity index (χ0v) is 93.7. The van der Waals surface area contributed by atoms with Gasteiger partial charge in [0.2, 0.25) is 0 Å². The van der Waals surface area contributed by atoms with E-state index in [4.69, 9.17) is 0 Å². The number of aryl methyl sites for hydroxylation is 4. The highest BCUT2D eigenvalue weighted by Crippen LogP contribution is 2.35. The van der Waals surface area contributed by atoms with E-state index < -0.39 is 0 Å². The summed E-state index contributed by atoms with van der Waals surface area (Å²) in [5, 5.41) is 26.5. The fourth-order valence-electron chi connectivity index (χ4n) is 13.8. The second-order valence-corrected chi connectivity index (χ2v) is 30.0. The first-order valence-electron chi connectivity index (χ1n) is 53.7. The largest absolute Gasteiger partial charge is 0.0683 e. The summed E-state index contributed by atoms with van der Waals surface area (Å²) < 4.78 is 0. The van der Waals surface area contributed by atoms with E-state index >= 15 is 0 Å². The van der Waals surface area contributed by atoms with Crippen molar-refractivity contribution < 1.29 is 0 Å². The third-order valence-electron chi connectivity index (χ3n) is 20.3. The first-order chi connectivity index (χ1) is 73.3. The molecule has 0 bridgehead atoms. The number of benzene rings is 24. The molecular weight excluding hydrogens is 1780 g/mol. The van der Waals surface area contributed by atoms with Crippen LogP contribution in [0.4, 0.5) is 0 Å². The van der Waals surface area contributed by atoms with E-state index in [0.717, 1.165) is 0 Å². The van der Waals surface area contributed by atoms with Crippen LogP contribution in [-0.2, 0) is 0 Å². The van der Waals surface area contributed by atoms with E-state index in [1.54, 1.807) is 0 Å². The van der Waals surface area contributed by atoms with Gasteiger partial charge in [-0.1, -0.05) is 767 Å². The summed E-state index contributed by atoms with van der Waals surface area (Å²) in [6.07, 6.45) is 0. The van der Waals surface area contributed by atoms with E-state index in [-0.39, 0.29) is 0 Å². The zero-order chi connectivity index (χ0) is 109. The van der Waals surface area contributed by atoms with Crippen molar-refractivity contribution in [2.24, 2.45) is 0 Å². The van der Waals surface area contributed by atoms with Crippen LogP contribution in [0.2, 0.25) is 0 Å². The van der Waals surface area contributed by atoms with Crippen LogP contribution in [0.25, 0.3) is 108 Å². The predicted molar refractivity (Wildman–Crippen MR) is 678 cm³/mol. The highest BCUT2D eigenvalue weighted by atomic mass is 14.1. The van der Waals surface area contributed by atoms with Gasteiger partial charge in [0.15, 0.2) is 0 Å². The highest BCUT2D eigenvalue weighted by molar-refractivity contribution is 6.25. The molecule has 0 unspecified atom stereocenters. The van der Waals surface area contributed by atoms with Crippen LogP contribution >= 0.6 is 0 Å². The maximum atomic E-state index is 2.21. The van der Waals surface area contributed by atoms with Crippen LogP contribution in [-0.4, -0.2) is 0 Å². The predicted octanol–water partition coefficient (Wildman–Crippen LogP) is 46.6. The smallest absolute Gasteiger partial charge is 0.00990 e. The first-order valence-corrected chi connectivity index (χ1v) is 53.7. The Bertz CT molecular complexity index is 5940. The molecule has 0 radical (unpaired) electrons. The second-order valence-electron chi connectivity index (χ2n) is 30.0. The van der Waals surface area contributed by atoms with Crippen molar-refractivity contribution >= 4 is 108 Å². The van der Waals surface area contributed by atoms with Crippen molar-refractivity contribution in [2.75, 3.05) is 0 Å². The summed E-state index contributed by atoms with van der Waals surface area (Å²) in [6, 6.07) is 208. The summed E-state index contributed by atoms with van der Waals surface area (Å²) in [6.45, 7) is 48.4.